The second kappa shape index (κ2) is 6.26. The second-order valence-corrected chi connectivity index (χ2v) is 5.38. The minimum Gasteiger partial charge on any atom is -0.468 e. The third-order valence-corrected chi connectivity index (χ3v) is 4.08. The van der Waals surface area contributed by atoms with Crippen LogP contribution in [-0.4, -0.2) is 39.7 Å². The molecule has 1 saturated heterocycles. The zero-order chi connectivity index (χ0) is 15.6. The lowest BCUT2D eigenvalue weighted by Crippen LogP contribution is -2.46. The van der Waals surface area contributed by atoms with Gasteiger partial charge in [0, 0.05) is 32.4 Å². The average molecular weight is 295 g/mol. The highest BCUT2D eigenvalue weighted by molar-refractivity contribution is 5.75. The van der Waals surface area contributed by atoms with Crippen LogP contribution >= 0.6 is 0 Å². The van der Waals surface area contributed by atoms with E-state index in [0.717, 1.165) is 30.4 Å². The van der Waals surface area contributed by atoms with Crippen molar-refractivity contribution in [3.63, 3.8) is 0 Å². The number of piperidine rings is 1. The molecule has 1 aliphatic heterocycles. The van der Waals surface area contributed by atoms with E-state index in [9.17, 15) is 14.4 Å². The van der Waals surface area contributed by atoms with Crippen LogP contribution < -0.4 is 11.2 Å². The van der Waals surface area contributed by atoms with Crippen LogP contribution in [0.1, 0.15) is 25.0 Å². The molecule has 1 atom stereocenters. The Balaban J connectivity index is 2.30. The predicted molar refractivity (Wildman–Crippen MR) is 77.0 cm³/mol. The third-order valence-electron chi connectivity index (χ3n) is 4.08. The number of likely N-dealkylation sites (tertiary alicyclic amines) is 1. The van der Waals surface area contributed by atoms with Crippen LogP contribution in [0.25, 0.3) is 0 Å². The second-order valence-electron chi connectivity index (χ2n) is 5.38. The molecule has 0 N–H and O–H groups in total. The van der Waals surface area contributed by atoms with E-state index in [2.05, 4.69) is 0 Å². The van der Waals surface area contributed by atoms with Crippen molar-refractivity contribution in [1.29, 1.82) is 0 Å². The quantitative estimate of drug-likeness (QED) is 0.710. The van der Waals surface area contributed by atoms with Crippen LogP contribution in [0.3, 0.4) is 0 Å². The SMILES string of the molecule is COC(=O)C1CCCCN1Cc1cc(=O)n(C)c(=O)n1C. The highest BCUT2D eigenvalue weighted by Gasteiger charge is 2.29. The van der Waals surface area contributed by atoms with Gasteiger partial charge in [-0.15, -0.1) is 0 Å². The van der Waals surface area contributed by atoms with Crippen LogP contribution in [0.15, 0.2) is 15.7 Å². The molecule has 7 nitrogen and oxygen atoms in total. The van der Waals surface area contributed by atoms with Gasteiger partial charge in [-0.3, -0.25) is 23.6 Å². The summed E-state index contributed by atoms with van der Waals surface area (Å²) in [5.41, 5.74) is -0.0808. The van der Waals surface area contributed by atoms with Crippen molar-refractivity contribution in [2.45, 2.75) is 31.8 Å². The van der Waals surface area contributed by atoms with Crippen molar-refractivity contribution in [2.75, 3.05) is 13.7 Å². The van der Waals surface area contributed by atoms with E-state index in [1.54, 1.807) is 7.05 Å². The molecule has 1 aromatic rings. The monoisotopic (exact) mass is 295 g/mol. The molecule has 0 bridgehead atoms. The number of carbonyl (C=O) groups excluding carboxylic acids is 1. The number of hydrogen-bond acceptors (Lipinski definition) is 5. The van der Waals surface area contributed by atoms with Crippen molar-refractivity contribution in [3.8, 4) is 0 Å². The van der Waals surface area contributed by atoms with Crippen LogP contribution in [0.2, 0.25) is 0 Å². The number of ether oxygens (including phenoxy) is 1. The number of rotatable bonds is 3. The molecule has 1 aliphatic rings. The summed E-state index contributed by atoms with van der Waals surface area (Å²) < 4.78 is 7.36. The standard InChI is InChI=1S/C14H21N3O4/c1-15-10(8-12(18)16(2)14(15)20)9-17-7-5-4-6-11(17)13(19)21-3/h8,11H,4-7,9H2,1-3H3. The van der Waals surface area contributed by atoms with Crippen molar-refractivity contribution < 1.29 is 9.53 Å². The minimum atomic E-state index is -0.357. The third kappa shape index (κ3) is 3.07. The van der Waals surface area contributed by atoms with Crippen LogP contribution in [0.5, 0.6) is 0 Å². The Bertz CT molecular complexity index is 647. The Hall–Kier alpha value is -1.89. The van der Waals surface area contributed by atoms with E-state index < -0.39 is 0 Å². The molecular weight excluding hydrogens is 274 g/mol. The molecule has 1 unspecified atom stereocenters. The fraction of sp³-hybridized carbons (Fsp3) is 0.643. The van der Waals surface area contributed by atoms with Gasteiger partial charge in [0.2, 0.25) is 0 Å². The topological polar surface area (TPSA) is 73.5 Å². The van der Waals surface area contributed by atoms with Gasteiger partial charge in [-0.05, 0) is 19.4 Å². The Morgan fingerprint density at radius 3 is 2.67 bits per heavy atom. The van der Waals surface area contributed by atoms with E-state index in [1.165, 1.54) is 24.8 Å². The number of aromatic nitrogens is 2. The van der Waals surface area contributed by atoms with Crippen LogP contribution in [-0.2, 0) is 30.2 Å². The maximum atomic E-state index is 11.9. The summed E-state index contributed by atoms with van der Waals surface area (Å²) in [6.45, 7) is 1.14. The molecule has 0 aromatic carbocycles. The molecule has 0 spiro atoms. The van der Waals surface area contributed by atoms with Gasteiger partial charge >= 0.3 is 11.7 Å². The van der Waals surface area contributed by atoms with Crippen molar-refractivity contribution in [2.24, 2.45) is 14.1 Å². The van der Waals surface area contributed by atoms with Gasteiger partial charge in [0.1, 0.15) is 6.04 Å². The van der Waals surface area contributed by atoms with Crippen molar-refractivity contribution in [1.82, 2.24) is 14.0 Å². The van der Waals surface area contributed by atoms with Gasteiger partial charge in [0.25, 0.3) is 5.56 Å². The lowest BCUT2D eigenvalue weighted by Gasteiger charge is -2.33. The molecule has 2 heterocycles. The summed E-state index contributed by atoms with van der Waals surface area (Å²) in [6.07, 6.45) is 2.71. The van der Waals surface area contributed by atoms with E-state index in [4.69, 9.17) is 4.74 Å². The van der Waals surface area contributed by atoms with Gasteiger partial charge in [-0.1, -0.05) is 6.42 Å². The van der Waals surface area contributed by atoms with E-state index in [-0.39, 0.29) is 23.3 Å². The Morgan fingerprint density at radius 2 is 2.00 bits per heavy atom. The number of hydrogen-bond donors (Lipinski definition) is 0. The van der Waals surface area contributed by atoms with Gasteiger partial charge < -0.3 is 4.74 Å². The summed E-state index contributed by atoms with van der Waals surface area (Å²) in [5, 5.41) is 0. The van der Waals surface area contributed by atoms with Crippen molar-refractivity contribution in [3.05, 3.63) is 32.6 Å². The first-order valence-corrected chi connectivity index (χ1v) is 7.03. The Labute approximate surface area is 122 Å². The van der Waals surface area contributed by atoms with Crippen LogP contribution in [0, 0.1) is 0 Å². The Kier molecular flexibility index (Phi) is 4.62. The van der Waals surface area contributed by atoms with Crippen LogP contribution in [0.4, 0.5) is 0 Å². The summed E-state index contributed by atoms with van der Waals surface area (Å²) in [7, 11) is 4.46. The van der Waals surface area contributed by atoms with Crippen molar-refractivity contribution >= 4 is 5.97 Å². The molecule has 1 aromatic heterocycles. The van der Waals surface area contributed by atoms with E-state index >= 15 is 0 Å². The number of carbonyl (C=O) groups is 1. The molecule has 21 heavy (non-hydrogen) atoms. The highest BCUT2D eigenvalue weighted by Crippen LogP contribution is 2.19. The summed E-state index contributed by atoms with van der Waals surface area (Å²) >= 11 is 0. The average Bonchev–Trinajstić information content (AvgIpc) is 2.50. The van der Waals surface area contributed by atoms with E-state index in [0.29, 0.717) is 12.2 Å². The first-order valence-electron chi connectivity index (χ1n) is 7.03. The fourth-order valence-corrected chi connectivity index (χ4v) is 2.72. The Morgan fingerprint density at radius 1 is 1.29 bits per heavy atom. The fourth-order valence-electron chi connectivity index (χ4n) is 2.72. The maximum Gasteiger partial charge on any atom is 0.330 e. The first-order chi connectivity index (χ1) is 9.95. The lowest BCUT2D eigenvalue weighted by molar-refractivity contribution is -0.148. The van der Waals surface area contributed by atoms with Gasteiger partial charge in [0.15, 0.2) is 0 Å². The van der Waals surface area contributed by atoms with Gasteiger partial charge in [0.05, 0.1) is 7.11 Å². The van der Waals surface area contributed by atoms with Gasteiger partial charge in [-0.2, -0.15) is 0 Å². The summed E-state index contributed by atoms with van der Waals surface area (Å²) in [4.78, 5) is 37.5. The predicted octanol–water partition coefficient (Wildman–Crippen LogP) is -0.388. The molecule has 2 rings (SSSR count). The summed E-state index contributed by atoms with van der Waals surface area (Å²) in [5.74, 6) is -0.261. The van der Waals surface area contributed by atoms with Gasteiger partial charge in [-0.25, -0.2) is 4.79 Å². The number of nitrogens with zero attached hydrogens (tertiary/aromatic N) is 3. The largest absolute Gasteiger partial charge is 0.468 e. The molecule has 116 valence electrons. The molecule has 0 radical (unpaired) electrons. The first kappa shape index (κ1) is 15.5. The number of methoxy groups -OCH3 is 1. The maximum absolute atomic E-state index is 11.9. The molecule has 7 heteroatoms. The highest BCUT2D eigenvalue weighted by atomic mass is 16.5. The zero-order valence-electron chi connectivity index (χ0n) is 12.7. The lowest BCUT2D eigenvalue weighted by atomic mass is 10.0. The molecule has 1 fully saturated rings. The normalized spacial score (nSPS) is 19.5. The summed E-state index contributed by atoms with van der Waals surface area (Å²) in [6, 6.07) is 1.15. The smallest absolute Gasteiger partial charge is 0.330 e. The molecular formula is C14H21N3O4. The van der Waals surface area contributed by atoms with E-state index in [1.807, 2.05) is 4.90 Å². The molecule has 0 amide bonds. The molecule has 0 saturated carbocycles. The minimum absolute atomic E-state index is 0.261. The zero-order valence-corrected chi connectivity index (χ0v) is 12.7. The molecule has 0 aliphatic carbocycles. The number of esters is 1.